The van der Waals surface area contributed by atoms with Gasteiger partial charge in [-0.1, -0.05) is 158 Å². The van der Waals surface area contributed by atoms with Crippen LogP contribution < -0.4 is 0 Å². The number of phosphoric acid groups is 1. The van der Waals surface area contributed by atoms with E-state index in [4.69, 9.17) is 18.5 Å². The molecule has 0 bridgehead atoms. The average Bonchev–Trinajstić information content (AvgIpc) is 3.12. The smallest absolute Gasteiger partial charge is 0.457 e. The lowest BCUT2D eigenvalue weighted by Crippen LogP contribution is -2.37. The Hall–Kier alpha value is -1.80. The maximum atomic E-state index is 12.7. The SMILES string of the molecule is CC/C=C\C/C=C\C/C=C\C/C=C\C/C=C\CCCCCCCCCC(=O)OC(COCCCCCCCCCCC)COP(=O)(O)OCC[N+](C)(C)C. The number of allylic oxidation sites excluding steroid dienone is 10. The largest absolute Gasteiger partial charge is 0.472 e. The fourth-order valence-corrected chi connectivity index (χ4v) is 6.26. The molecule has 54 heavy (non-hydrogen) atoms. The molecule has 0 aromatic carbocycles. The molecule has 0 saturated carbocycles. The number of hydrogen-bond donors (Lipinski definition) is 1. The Morgan fingerprint density at radius 2 is 1.07 bits per heavy atom. The summed E-state index contributed by atoms with van der Waals surface area (Å²) >= 11 is 0. The summed E-state index contributed by atoms with van der Waals surface area (Å²) in [6, 6.07) is 0. The van der Waals surface area contributed by atoms with E-state index in [1.54, 1.807) is 0 Å². The van der Waals surface area contributed by atoms with E-state index in [2.05, 4.69) is 74.6 Å². The highest BCUT2D eigenvalue weighted by molar-refractivity contribution is 7.47. The molecule has 0 amide bonds. The van der Waals surface area contributed by atoms with Gasteiger partial charge in [0.2, 0.25) is 0 Å². The number of esters is 1. The van der Waals surface area contributed by atoms with Gasteiger partial charge < -0.3 is 18.9 Å². The normalized spacial score (nSPS) is 14.4. The van der Waals surface area contributed by atoms with Gasteiger partial charge in [0.25, 0.3) is 0 Å². The van der Waals surface area contributed by atoms with Crippen LogP contribution in [0.1, 0.15) is 162 Å². The molecule has 0 aliphatic heterocycles. The van der Waals surface area contributed by atoms with Gasteiger partial charge in [-0.15, -0.1) is 0 Å². The first-order valence-electron chi connectivity index (χ1n) is 21.5. The Labute approximate surface area is 332 Å². The lowest BCUT2D eigenvalue weighted by molar-refractivity contribution is -0.870. The zero-order valence-corrected chi connectivity index (χ0v) is 36.3. The highest BCUT2D eigenvalue weighted by atomic mass is 31.2. The number of nitrogens with zero attached hydrogens (tertiary/aromatic N) is 1. The number of likely N-dealkylation sites (N-methyl/N-ethyl adjacent to an activating group) is 1. The molecule has 0 aliphatic rings. The van der Waals surface area contributed by atoms with Crippen LogP contribution >= 0.6 is 7.82 Å². The van der Waals surface area contributed by atoms with Crippen LogP contribution in [-0.2, 0) is 27.9 Å². The molecular weight excluding hydrogens is 697 g/mol. The Kier molecular flexibility index (Phi) is 36.8. The minimum absolute atomic E-state index is 0.0845. The summed E-state index contributed by atoms with van der Waals surface area (Å²) in [5.74, 6) is -0.328. The second-order valence-corrected chi connectivity index (χ2v) is 16.8. The predicted molar refractivity (Wildman–Crippen MR) is 229 cm³/mol. The Bertz CT molecular complexity index is 1050. The van der Waals surface area contributed by atoms with Crippen LogP contribution in [0.4, 0.5) is 0 Å². The van der Waals surface area contributed by atoms with Crippen molar-refractivity contribution in [2.45, 2.75) is 168 Å². The average molecular weight is 781 g/mol. The van der Waals surface area contributed by atoms with E-state index in [1.807, 2.05) is 21.1 Å². The van der Waals surface area contributed by atoms with Gasteiger partial charge in [0.15, 0.2) is 0 Å². The van der Waals surface area contributed by atoms with Crippen LogP contribution in [0.2, 0.25) is 0 Å². The number of carbonyl (C=O) groups is 1. The zero-order valence-electron chi connectivity index (χ0n) is 35.4. The van der Waals surface area contributed by atoms with Crippen molar-refractivity contribution in [3.63, 3.8) is 0 Å². The third kappa shape index (κ3) is 41.4. The van der Waals surface area contributed by atoms with E-state index in [0.717, 1.165) is 70.6 Å². The first-order valence-corrected chi connectivity index (χ1v) is 23.0. The van der Waals surface area contributed by atoms with Gasteiger partial charge >= 0.3 is 13.8 Å². The van der Waals surface area contributed by atoms with Gasteiger partial charge in [-0.3, -0.25) is 13.8 Å². The van der Waals surface area contributed by atoms with E-state index in [0.29, 0.717) is 24.1 Å². The molecule has 2 atom stereocenters. The van der Waals surface area contributed by atoms with Gasteiger partial charge in [0.05, 0.1) is 34.4 Å². The van der Waals surface area contributed by atoms with Crippen molar-refractivity contribution < 1.29 is 37.3 Å². The summed E-state index contributed by atoms with van der Waals surface area (Å²) < 4.78 is 34.9. The molecule has 0 aromatic rings. The highest BCUT2D eigenvalue weighted by Crippen LogP contribution is 2.43. The second kappa shape index (κ2) is 38.1. The van der Waals surface area contributed by atoms with Crippen molar-refractivity contribution in [1.82, 2.24) is 0 Å². The first kappa shape index (κ1) is 52.2. The summed E-state index contributed by atoms with van der Waals surface area (Å²) in [6.07, 6.45) is 46.8. The second-order valence-electron chi connectivity index (χ2n) is 15.3. The summed E-state index contributed by atoms with van der Waals surface area (Å²) in [4.78, 5) is 22.8. The van der Waals surface area contributed by atoms with Gasteiger partial charge in [-0.05, 0) is 57.8 Å². The number of ether oxygens (including phenoxy) is 2. The minimum Gasteiger partial charge on any atom is -0.457 e. The number of unbranched alkanes of at least 4 members (excludes halogenated alkanes) is 15. The summed E-state index contributed by atoms with van der Waals surface area (Å²) in [6.45, 7) is 5.47. The molecule has 0 aliphatic carbocycles. The van der Waals surface area contributed by atoms with E-state index < -0.39 is 13.9 Å². The lowest BCUT2D eigenvalue weighted by Gasteiger charge is -2.24. The Morgan fingerprint density at radius 3 is 1.61 bits per heavy atom. The van der Waals surface area contributed by atoms with E-state index >= 15 is 0 Å². The first-order chi connectivity index (χ1) is 26.1. The zero-order chi connectivity index (χ0) is 39.9. The Morgan fingerprint density at radius 1 is 0.593 bits per heavy atom. The van der Waals surface area contributed by atoms with Crippen molar-refractivity contribution in [3.8, 4) is 0 Å². The molecule has 0 aromatic heterocycles. The Balaban J connectivity index is 4.18. The van der Waals surface area contributed by atoms with E-state index in [1.165, 1.54) is 70.6 Å². The predicted octanol–water partition coefficient (Wildman–Crippen LogP) is 12.5. The quantitative estimate of drug-likeness (QED) is 0.0218. The van der Waals surface area contributed by atoms with Gasteiger partial charge in [0.1, 0.15) is 19.3 Å². The van der Waals surface area contributed by atoms with Gasteiger partial charge in [-0.25, -0.2) is 4.57 Å². The van der Waals surface area contributed by atoms with Crippen molar-refractivity contribution in [3.05, 3.63) is 60.8 Å². The number of hydrogen-bond acceptors (Lipinski definition) is 6. The van der Waals surface area contributed by atoms with Gasteiger partial charge in [0, 0.05) is 13.0 Å². The van der Waals surface area contributed by atoms with Crippen LogP contribution in [0, 0.1) is 0 Å². The van der Waals surface area contributed by atoms with Crippen molar-refractivity contribution >= 4 is 13.8 Å². The van der Waals surface area contributed by atoms with Crippen LogP contribution in [0.5, 0.6) is 0 Å². The maximum Gasteiger partial charge on any atom is 0.472 e. The fourth-order valence-electron chi connectivity index (χ4n) is 5.52. The summed E-state index contributed by atoms with van der Waals surface area (Å²) in [5.41, 5.74) is 0. The molecule has 2 unspecified atom stereocenters. The van der Waals surface area contributed by atoms with Crippen LogP contribution in [0.3, 0.4) is 0 Å². The standard InChI is InChI=1S/C45H82NO7P/c1-6-8-10-12-14-16-17-18-19-20-21-22-23-24-25-26-27-28-29-30-32-34-36-38-45(47)53-44(43-52-54(48,49)51-41-39-46(3,4)5)42-50-40-37-35-33-31-15-13-11-9-7-2/h8,10,14,16,18-19,21-22,24-25,44H,6-7,9,11-13,15,17,20,23,26-43H2,1-5H3/p+1/b10-8-,16-14-,19-18-,22-21-,25-24-. The molecule has 0 rings (SSSR count). The lowest BCUT2D eigenvalue weighted by atomic mass is 10.1. The molecule has 0 saturated heterocycles. The van der Waals surface area contributed by atoms with Gasteiger partial charge in [-0.2, -0.15) is 0 Å². The molecule has 0 fully saturated rings. The summed E-state index contributed by atoms with van der Waals surface area (Å²) in [5, 5.41) is 0. The van der Waals surface area contributed by atoms with E-state index in [9.17, 15) is 14.3 Å². The molecule has 9 heteroatoms. The molecule has 314 valence electrons. The number of carbonyl (C=O) groups excluding carboxylic acids is 1. The summed E-state index contributed by atoms with van der Waals surface area (Å²) in [7, 11) is 1.65. The monoisotopic (exact) mass is 781 g/mol. The highest BCUT2D eigenvalue weighted by Gasteiger charge is 2.26. The van der Waals surface area contributed by atoms with E-state index in [-0.39, 0.29) is 25.8 Å². The number of phosphoric ester groups is 1. The third-order valence-electron chi connectivity index (χ3n) is 8.84. The molecule has 0 spiro atoms. The van der Waals surface area contributed by atoms with Crippen LogP contribution in [0.15, 0.2) is 60.8 Å². The topological polar surface area (TPSA) is 91.3 Å². The maximum absolute atomic E-state index is 12.7. The molecular formula is C45H83NO7P+. The number of rotatable bonds is 39. The van der Waals surface area contributed by atoms with Crippen LogP contribution in [-0.4, -0.2) is 75.6 Å². The minimum atomic E-state index is -4.27. The number of quaternary nitrogens is 1. The molecule has 0 radical (unpaired) electrons. The molecule has 1 N–H and O–H groups in total. The van der Waals surface area contributed by atoms with Crippen LogP contribution in [0.25, 0.3) is 0 Å². The molecule has 0 heterocycles. The van der Waals surface area contributed by atoms with Crippen molar-refractivity contribution in [1.29, 1.82) is 0 Å². The van der Waals surface area contributed by atoms with Crippen molar-refractivity contribution in [2.24, 2.45) is 0 Å². The fraction of sp³-hybridized carbons (Fsp3) is 0.756. The van der Waals surface area contributed by atoms with Crippen molar-refractivity contribution in [2.75, 3.05) is 54.1 Å². The molecule has 8 nitrogen and oxygen atoms in total. The third-order valence-corrected chi connectivity index (χ3v) is 9.83.